The Morgan fingerprint density at radius 2 is 1.72 bits per heavy atom. The van der Waals surface area contributed by atoms with E-state index >= 15 is 0 Å². The molecule has 0 spiro atoms. The Morgan fingerprint density at radius 3 is 2.31 bits per heavy atom. The smallest absolute Gasteiger partial charge is 0.337 e. The minimum atomic E-state index is -0.584. The summed E-state index contributed by atoms with van der Waals surface area (Å²) in [5, 5.41) is 12.7. The number of anilines is 1. The molecule has 146 valence electrons. The van der Waals surface area contributed by atoms with Crippen molar-refractivity contribution < 1.29 is 14.3 Å². The first kappa shape index (κ1) is 20.0. The number of nitriles is 1. The molecule has 0 aromatic heterocycles. The number of amides is 1. The number of methoxy groups -OCH3 is 1. The Hall–Kier alpha value is -3.72. The van der Waals surface area contributed by atoms with Crippen LogP contribution >= 0.6 is 0 Å². The van der Waals surface area contributed by atoms with Crippen LogP contribution in [0.25, 0.3) is 0 Å². The van der Waals surface area contributed by atoms with Crippen molar-refractivity contribution in [3.05, 3.63) is 77.0 Å². The van der Waals surface area contributed by atoms with Gasteiger partial charge in [-0.05, 0) is 43.7 Å². The van der Waals surface area contributed by atoms with E-state index in [-0.39, 0.29) is 5.91 Å². The number of hydrogen-bond acceptors (Lipinski definition) is 5. The van der Waals surface area contributed by atoms with Gasteiger partial charge in [-0.3, -0.25) is 9.79 Å². The average Bonchev–Trinajstić information content (AvgIpc) is 2.73. The van der Waals surface area contributed by atoms with Gasteiger partial charge in [-0.2, -0.15) is 5.26 Å². The van der Waals surface area contributed by atoms with Gasteiger partial charge in [0.05, 0.1) is 24.7 Å². The van der Waals surface area contributed by atoms with E-state index in [1.165, 1.54) is 7.11 Å². The molecular formula is C23H21N3O3. The molecule has 2 atom stereocenters. The summed E-state index contributed by atoms with van der Waals surface area (Å²) in [7, 11) is 1.32. The molecule has 1 N–H and O–H groups in total. The molecule has 0 saturated carbocycles. The highest BCUT2D eigenvalue weighted by Gasteiger charge is 2.37. The Kier molecular flexibility index (Phi) is 5.89. The lowest BCUT2D eigenvalue weighted by Gasteiger charge is -2.29. The fourth-order valence-corrected chi connectivity index (χ4v) is 3.52. The molecule has 0 saturated heterocycles. The van der Waals surface area contributed by atoms with E-state index in [2.05, 4.69) is 16.4 Å². The number of hydrogen-bond donors (Lipinski definition) is 1. The van der Waals surface area contributed by atoms with Crippen molar-refractivity contribution in [2.75, 3.05) is 12.4 Å². The third kappa shape index (κ3) is 4.09. The van der Waals surface area contributed by atoms with E-state index in [0.29, 0.717) is 28.2 Å². The Morgan fingerprint density at radius 1 is 1.07 bits per heavy atom. The van der Waals surface area contributed by atoms with E-state index in [4.69, 9.17) is 4.74 Å². The lowest BCUT2D eigenvalue weighted by molar-refractivity contribution is -0.113. The summed E-state index contributed by atoms with van der Waals surface area (Å²) in [6.07, 6.45) is 0. The number of benzene rings is 2. The number of allylic oxidation sites excluding steroid dienone is 1. The fourth-order valence-electron chi connectivity index (χ4n) is 3.52. The Bertz CT molecular complexity index is 1030. The molecular weight excluding hydrogens is 366 g/mol. The Balaban J connectivity index is 2.03. The Labute approximate surface area is 169 Å². The van der Waals surface area contributed by atoms with E-state index in [1.807, 2.05) is 18.2 Å². The average molecular weight is 387 g/mol. The fraction of sp³-hybridized carbons (Fsp3) is 0.217. The van der Waals surface area contributed by atoms with E-state index in [9.17, 15) is 14.9 Å². The van der Waals surface area contributed by atoms with Gasteiger partial charge in [0.2, 0.25) is 0 Å². The third-order valence-corrected chi connectivity index (χ3v) is 4.93. The number of ether oxygens (including phenoxy) is 1. The number of carbonyl (C=O) groups is 2. The van der Waals surface area contributed by atoms with Gasteiger partial charge in [-0.15, -0.1) is 0 Å². The van der Waals surface area contributed by atoms with Gasteiger partial charge >= 0.3 is 5.97 Å². The van der Waals surface area contributed by atoms with Crippen LogP contribution in [0, 0.1) is 17.2 Å². The summed E-state index contributed by atoms with van der Waals surface area (Å²) in [6, 6.07) is 18.2. The minimum Gasteiger partial charge on any atom is -0.465 e. The van der Waals surface area contributed by atoms with Crippen LogP contribution < -0.4 is 5.32 Å². The van der Waals surface area contributed by atoms with Crippen LogP contribution in [0.15, 0.2) is 70.9 Å². The van der Waals surface area contributed by atoms with Gasteiger partial charge in [0.25, 0.3) is 5.91 Å². The van der Waals surface area contributed by atoms with E-state index in [0.717, 1.165) is 5.56 Å². The van der Waals surface area contributed by atoms with Gasteiger partial charge in [-0.1, -0.05) is 30.3 Å². The van der Waals surface area contributed by atoms with Crippen molar-refractivity contribution in [2.45, 2.75) is 19.8 Å². The molecule has 29 heavy (non-hydrogen) atoms. The molecule has 0 bridgehead atoms. The van der Waals surface area contributed by atoms with Gasteiger partial charge < -0.3 is 10.1 Å². The number of nitrogens with one attached hydrogen (secondary N) is 1. The van der Waals surface area contributed by atoms with Crippen LogP contribution in [0.4, 0.5) is 5.69 Å². The molecule has 1 aliphatic rings. The number of esters is 1. The molecule has 0 radical (unpaired) electrons. The van der Waals surface area contributed by atoms with Gasteiger partial charge in [0.15, 0.2) is 0 Å². The minimum absolute atomic E-state index is 0.299. The van der Waals surface area contributed by atoms with E-state index in [1.54, 1.807) is 50.2 Å². The zero-order chi connectivity index (χ0) is 21.0. The summed E-state index contributed by atoms with van der Waals surface area (Å²) in [5.41, 5.74) is 3.50. The molecule has 1 aliphatic heterocycles. The van der Waals surface area contributed by atoms with Gasteiger partial charge in [0, 0.05) is 28.6 Å². The maximum Gasteiger partial charge on any atom is 0.337 e. The van der Waals surface area contributed by atoms with Crippen molar-refractivity contribution in [1.82, 2.24) is 0 Å². The molecule has 0 fully saturated rings. The second-order valence-corrected chi connectivity index (χ2v) is 6.77. The summed E-state index contributed by atoms with van der Waals surface area (Å²) in [4.78, 5) is 29.3. The molecule has 6 heteroatoms. The molecule has 6 nitrogen and oxygen atoms in total. The van der Waals surface area contributed by atoms with Crippen LogP contribution in [0.5, 0.6) is 0 Å². The molecule has 2 aromatic carbocycles. The van der Waals surface area contributed by atoms with Crippen molar-refractivity contribution in [1.29, 1.82) is 5.26 Å². The maximum absolute atomic E-state index is 13.1. The number of para-hydroxylation sites is 1. The molecule has 1 amide bonds. The molecule has 2 aromatic rings. The standard InChI is InChI=1S/C23H21N3O3/c1-14-19(13-24)21(16-9-11-17(12-10-16)23(28)29-3)20(15(2)25-14)22(27)26-18-7-5-4-6-8-18/h4-12,19,21H,1-3H3,(H,26,27)/t19?,21-/m1/s1. The zero-order valence-electron chi connectivity index (χ0n) is 16.5. The van der Waals surface area contributed by atoms with E-state index < -0.39 is 17.8 Å². The summed E-state index contributed by atoms with van der Waals surface area (Å²) < 4.78 is 4.74. The van der Waals surface area contributed by atoms with Crippen molar-refractivity contribution >= 4 is 23.3 Å². The molecule has 0 aliphatic carbocycles. The van der Waals surface area contributed by atoms with Crippen LogP contribution in [-0.4, -0.2) is 24.7 Å². The second-order valence-electron chi connectivity index (χ2n) is 6.77. The summed E-state index contributed by atoms with van der Waals surface area (Å²) >= 11 is 0. The highest BCUT2D eigenvalue weighted by atomic mass is 16.5. The molecule has 1 heterocycles. The second kappa shape index (κ2) is 8.53. The highest BCUT2D eigenvalue weighted by Crippen LogP contribution is 2.39. The first-order valence-electron chi connectivity index (χ1n) is 9.16. The van der Waals surface area contributed by atoms with Gasteiger partial charge in [0.1, 0.15) is 0 Å². The predicted octanol–water partition coefficient (Wildman–Crippen LogP) is 4.08. The van der Waals surface area contributed by atoms with Crippen LogP contribution in [0.1, 0.15) is 35.7 Å². The summed E-state index contributed by atoms with van der Waals surface area (Å²) in [6.45, 7) is 3.56. The SMILES string of the molecule is COC(=O)c1ccc([C@H]2C(C(=O)Nc3ccccc3)=C(C)N=C(C)C2C#N)cc1. The number of aliphatic imine (C=N–C) groups is 1. The predicted molar refractivity (Wildman–Crippen MR) is 111 cm³/mol. The first-order chi connectivity index (χ1) is 14.0. The highest BCUT2D eigenvalue weighted by molar-refractivity contribution is 6.07. The number of rotatable bonds is 4. The van der Waals surface area contributed by atoms with Gasteiger partial charge in [-0.25, -0.2) is 4.79 Å². The number of nitrogens with zero attached hydrogens (tertiary/aromatic N) is 2. The van der Waals surface area contributed by atoms with Crippen molar-refractivity contribution in [2.24, 2.45) is 10.9 Å². The quantitative estimate of drug-likeness (QED) is 0.800. The maximum atomic E-state index is 13.1. The normalized spacial score (nSPS) is 18.5. The zero-order valence-corrected chi connectivity index (χ0v) is 16.5. The topological polar surface area (TPSA) is 91.6 Å². The lowest BCUT2D eigenvalue weighted by Crippen LogP contribution is -2.31. The summed E-state index contributed by atoms with van der Waals surface area (Å²) in [5.74, 6) is -1.82. The largest absolute Gasteiger partial charge is 0.465 e. The van der Waals surface area contributed by atoms with Crippen molar-refractivity contribution in [3.8, 4) is 6.07 Å². The van der Waals surface area contributed by atoms with Crippen molar-refractivity contribution in [3.63, 3.8) is 0 Å². The third-order valence-electron chi connectivity index (χ3n) is 4.93. The van der Waals surface area contributed by atoms with Crippen LogP contribution in [0.3, 0.4) is 0 Å². The lowest BCUT2D eigenvalue weighted by atomic mass is 9.76. The molecule has 1 unspecified atom stereocenters. The van der Waals surface area contributed by atoms with Crippen LogP contribution in [-0.2, 0) is 9.53 Å². The molecule has 3 rings (SSSR count). The van der Waals surface area contributed by atoms with Crippen LogP contribution in [0.2, 0.25) is 0 Å². The first-order valence-corrected chi connectivity index (χ1v) is 9.16. The number of carbonyl (C=O) groups excluding carboxylic acids is 2. The monoisotopic (exact) mass is 387 g/mol.